The zero-order chi connectivity index (χ0) is 21.6. The van der Waals surface area contributed by atoms with Crippen LogP contribution in [0.15, 0.2) is 71.7 Å². The molecule has 0 unspecified atom stereocenters. The molecule has 0 fully saturated rings. The first-order valence-electron chi connectivity index (χ1n) is 10.1. The zero-order valence-corrected chi connectivity index (χ0v) is 19.2. The van der Waals surface area contributed by atoms with E-state index in [-0.39, 0.29) is 0 Å². The highest BCUT2D eigenvalue weighted by Gasteiger charge is 2.17. The van der Waals surface area contributed by atoms with E-state index in [9.17, 15) is 0 Å². The highest BCUT2D eigenvalue weighted by atomic mass is 32.2. The SMILES string of the molecule is C=CCn1c(SCc2csc(-c3cccc(C)c3)n2)nnc1-c1ccccc1OCC. The van der Waals surface area contributed by atoms with E-state index in [1.54, 1.807) is 23.1 Å². The molecule has 0 saturated carbocycles. The molecule has 0 aliphatic carbocycles. The maximum atomic E-state index is 5.79. The molecular weight excluding hydrogens is 424 g/mol. The van der Waals surface area contributed by atoms with E-state index in [1.165, 1.54) is 5.56 Å². The maximum absolute atomic E-state index is 5.79. The molecule has 2 heterocycles. The summed E-state index contributed by atoms with van der Waals surface area (Å²) in [6.45, 7) is 9.20. The van der Waals surface area contributed by atoms with E-state index < -0.39 is 0 Å². The molecule has 0 N–H and O–H groups in total. The van der Waals surface area contributed by atoms with E-state index in [0.717, 1.165) is 44.3 Å². The average molecular weight is 449 g/mol. The molecule has 158 valence electrons. The summed E-state index contributed by atoms with van der Waals surface area (Å²) >= 11 is 3.30. The van der Waals surface area contributed by atoms with Crippen molar-refractivity contribution < 1.29 is 4.74 Å². The first-order valence-corrected chi connectivity index (χ1v) is 12.0. The third-order valence-electron chi connectivity index (χ3n) is 4.62. The molecule has 2 aromatic heterocycles. The van der Waals surface area contributed by atoms with Gasteiger partial charge < -0.3 is 4.74 Å². The van der Waals surface area contributed by atoms with Gasteiger partial charge in [-0.15, -0.1) is 28.1 Å². The van der Waals surface area contributed by atoms with Crippen LogP contribution in [0.3, 0.4) is 0 Å². The minimum Gasteiger partial charge on any atom is -0.493 e. The first-order chi connectivity index (χ1) is 15.2. The fourth-order valence-electron chi connectivity index (χ4n) is 3.24. The monoisotopic (exact) mass is 448 g/mol. The number of nitrogens with zero attached hydrogens (tertiary/aromatic N) is 4. The zero-order valence-electron chi connectivity index (χ0n) is 17.6. The van der Waals surface area contributed by atoms with E-state index >= 15 is 0 Å². The van der Waals surface area contributed by atoms with Crippen molar-refractivity contribution in [2.45, 2.75) is 31.3 Å². The number of para-hydroxylation sites is 1. The van der Waals surface area contributed by atoms with Crippen LogP contribution in [0.5, 0.6) is 5.75 Å². The van der Waals surface area contributed by atoms with Gasteiger partial charge in [0.25, 0.3) is 0 Å². The second-order valence-corrected chi connectivity index (χ2v) is 8.74. The number of thiazole rings is 1. The average Bonchev–Trinajstić information content (AvgIpc) is 3.41. The summed E-state index contributed by atoms with van der Waals surface area (Å²) in [5.74, 6) is 2.32. The molecule has 0 atom stereocenters. The molecule has 0 amide bonds. The fraction of sp³-hybridized carbons (Fsp3) is 0.208. The summed E-state index contributed by atoms with van der Waals surface area (Å²) in [6, 6.07) is 16.4. The number of thioether (sulfide) groups is 1. The molecule has 0 spiro atoms. The second kappa shape index (κ2) is 9.94. The van der Waals surface area contributed by atoms with Gasteiger partial charge in [0.2, 0.25) is 0 Å². The molecule has 0 aliphatic heterocycles. The molecule has 31 heavy (non-hydrogen) atoms. The van der Waals surface area contributed by atoms with Crippen LogP contribution in [0.4, 0.5) is 0 Å². The smallest absolute Gasteiger partial charge is 0.192 e. The molecule has 0 saturated heterocycles. The Labute approximate surface area is 190 Å². The second-order valence-electron chi connectivity index (χ2n) is 6.94. The Bertz CT molecular complexity index is 1180. The third-order valence-corrected chi connectivity index (χ3v) is 6.56. The highest BCUT2D eigenvalue weighted by molar-refractivity contribution is 7.98. The summed E-state index contributed by atoms with van der Waals surface area (Å²) in [5, 5.41) is 12.9. The lowest BCUT2D eigenvalue weighted by Gasteiger charge is -2.11. The number of aryl methyl sites for hydroxylation is 1. The van der Waals surface area contributed by atoms with Crippen LogP contribution in [0.1, 0.15) is 18.2 Å². The van der Waals surface area contributed by atoms with E-state index in [0.29, 0.717) is 13.2 Å². The molecule has 4 rings (SSSR count). The van der Waals surface area contributed by atoms with E-state index in [2.05, 4.69) is 57.9 Å². The molecule has 0 bridgehead atoms. The number of hydrogen-bond donors (Lipinski definition) is 0. The van der Waals surface area contributed by atoms with Gasteiger partial charge >= 0.3 is 0 Å². The van der Waals surface area contributed by atoms with Gasteiger partial charge in [-0.3, -0.25) is 4.57 Å². The van der Waals surface area contributed by atoms with Crippen LogP contribution >= 0.6 is 23.1 Å². The minimum absolute atomic E-state index is 0.599. The molecule has 5 nitrogen and oxygen atoms in total. The molecule has 2 aromatic carbocycles. The lowest BCUT2D eigenvalue weighted by molar-refractivity contribution is 0.341. The number of aromatic nitrogens is 4. The highest BCUT2D eigenvalue weighted by Crippen LogP contribution is 2.33. The van der Waals surface area contributed by atoms with Crippen molar-refractivity contribution in [1.82, 2.24) is 19.7 Å². The predicted molar refractivity (Wildman–Crippen MR) is 129 cm³/mol. The van der Waals surface area contributed by atoms with Crippen LogP contribution in [-0.2, 0) is 12.3 Å². The van der Waals surface area contributed by atoms with Crippen molar-refractivity contribution in [2.24, 2.45) is 0 Å². The molecule has 0 radical (unpaired) electrons. The van der Waals surface area contributed by atoms with Crippen LogP contribution in [0.2, 0.25) is 0 Å². The number of ether oxygens (including phenoxy) is 1. The van der Waals surface area contributed by atoms with Gasteiger partial charge in [-0.2, -0.15) is 0 Å². The fourth-order valence-corrected chi connectivity index (χ4v) is 5.01. The quantitative estimate of drug-likeness (QED) is 0.224. The predicted octanol–water partition coefficient (Wildman–Crippen LogP) is 6.25. The Balaban J connectivity index is 1.56. The molecule has 7 heteroatoms. The molecular formula is C24H24N4OS2. The van der Waals surface area contributed by atoms with Gasteiger partial charge in [-0.05, 0) is 32.0 Å². The van der Waals surface area contributed by atoms with Crippen molar-refractivity contribution in [3.63, 3.8) is 0 Å². The van der Waals surface area contributed by atoms with Gasteiger partial charge in [0.1, 0.15) is 10.8 Å². The molecule has 0 aliphatic rings. The van der Waals surface area contributed by atoms with Gasteiger partial charge in [0.15, 0.2) is 11.0 Å². The standard InChI is InChI=1S/C24H24N4OS2/c1-4-13-28-22(20-11-6-7-12-21(20)29-5-2)26-27-24(28)31-16-19-15-30-23(25-19)18-10-8-9-17(3)14-18/h4,6-12,14-15H,1,5,13,16H2,2-3H3. The topological polar surface area (TPSA) is 52.8 Å². The maximum Gasteiger partial charge on any atom is 0.192 e. The van der Waals surface area contributed by atoms with Gasteiger partial charge in [-0.25, -0.2) is 4.98 Å². The van der Waals surface area contributed by atoms with Crippen LogP contribution in [-0.4, -0.2) is 26.4 Å². The Morgan fingerprint density at radius 1 is 1.16 bits per heavy atom. The Hall–Kier alpha value is -2.90. The van der Waals surface area contributed by atoms with Crippen LogP contribution in [0, 0.1) is 6.92 Å². The van der Waals surface area contributed by atoms with Crippen LogP contribution in [0.25, 0.3) is 22.0 Å². The number of allylic oxidation sites excluding steroid dienone is 1. The van der Waals surface area contributed by atoms with Crippen molar-refractivity contribution >= 4 is 23.1 Å². The third kappa shape index (κ3) is 4.89. The van der Waals surface area contributed by atoms with Crippen LogP contribution < -0.4 is 4.74 Å². The van der Waals surface area contributed by atoms with Crippen molar-refractivity contribution in [3.05, 3.63) is 77.8 Å². The normalized spacial score (nSPS) is 10.9. The Kier molecular flexibility index (Phi) is 6.84. The lowest BCUT2D eigenvalue weighted by atomic mass is 10.1. The van der Waals surface area contributed by atoms with Gasteiger partial charge in [-0.1, -0.05) is 53.7 Å². The first kappa shape index (κ1) is 21.3. The van der Waals surface area contributed by atoms with Crippen molar-refractivity contribution in [3.8, 4) is 27.7 Å². The lowest BCUT2D eigenvalue weighted by Crippen LogP contribution is -2.02. The number of hydrogen-bond acceptors (Lipinski definition) is 6. The van der Waals surface area contributed by atoms with E-state index in [4.69, 9.17) is 9.72 Å². The summed E-state index contributed by atoms with van der Waals surface area (Å²) in [6.07, 6.45) is 1.86. The minimum atomic E-state index is 0.599. The van der Waals surface area contributed by atoms with E-state index in [1.807, 2.05) is 37.3 Å². The Morgan fingerprint density at radius 3 is 2.84 bits per heavy atom. The van der Waals surface area contributed by atoms with Gasteiger partial charge in [0.05, 0.1) is 17.9 Å². The summed E-state index contributed by atoms with van der Waals surface area (Å²) in [4.78, 5) is 4.82. The Morgan fingerprint density at radius 2 is 2.03 bits per heavy atom. The van der Waals surface area contributed by atoms with Crippen molar-refractivity contribution in [2.75, 3.05) is 6.61 Å². The number of benzene rings is 2. The number of rotatable bonds is 9. The van der Waals surface area contributed by atoms with Crippen molar-refractivity contribution in [1.29, 1.82) is 0 Å². The van der Waals surface area contributed by atoms with Gasteiger partial charge in [0, 0.05) is 23.2 Å². The summed E-state index contributed by atoms with van der Waals surface area (Å²) < 4.78 is 7.87. The largest absolute Gasteiger partial charge is 0.493 e. The molecule has 4 aromatic rings. The summed E-state index contributed by atoms with van der Waals surface area (Å²) in [7, 11) is 0. The summed E-state index contributed by atoms with van der Waals surface area (Å²) in [5.41, 5.74) is 4.36.